The second kappa shape index (κ2) is 10.3. The maximum absolute atomic E-state index is 5.95. The fraction of sp³-hybridized carbons (Fsp3) is 0.444. The van der Waals surface area contributed by atoms with Gasteiger partial charge in [0.05, 0.1) is 13.2 Å². The molecule has 0 unspecified atom stereocenters. The summed E-state index contributed by atoms with van der Waals surface area (Å²) in [4.78, 5) is 4.26. The zero-order valence-corrected chi connectivity index (χ0v) is 16.8. The third-order valence-corrected chi connectivity index (χ3v) is 4.01. The molecule has 0 spiro atoms. The van der Waals surface area contributed by atoms with E-state index in [1.807, 2.05) is 35.1 Å². The van der Waals surface area contributed by atoms with Crippen LogP contribution in [0, 0.1) is 5.92 Å². The molecular formula is C18H26IN5O. The van der Waals surface area contributed by atoms with Crippen LogP contribution in [-0.2, 0) is 13.1 Å². The highest BCUT2D eigenvalue weighted by Crippen LogP contribution is 2.30. The molecule has 1 aromatic heterocycles. The van der Waals surface area contributed by atoms with Crippen LogP contribution in [0.5, 0.6) is 5.75 Å². The van der Waals surface area contributed by atoms with Crippen molar-refractivity contribution >= 4 is 29.9 Å². The fourth-order valence-electron chi connectivity index (χ4n) is 2.40. The van der Waals surface area contributed by atoms with E-state index < -0.39 is 0 Å². The van der Waals surface area contributed by atoms with Gasteiger partial charge in [-0.25, -0.2) is 0 Å². The molecule has 3 rings (SSSR count). The molecule has 25 heavy (non-hydrogen) atoms. The molecular weight excluding hydrogens is 429 g/mol. The molecule has 0 atom stereocenters. The minimum absolute atomic E-state index is 0. The summed E-state index contributed by atoms with van der Waals surface area (Å²) in [6.07, 6.45) is 6.33. The monoisotopic (exact) mass is 455 g/mol. The number of aliphatic imine (C=N–C) groups is 1. The van der Waals surface area contributed by atoms with E-state index in [0.717, 1.165) is 42.9 Å². The SMILES string of the molecule is CN=C(NCCn1cccn1)NCc1ccccc1OCC1CC1.I. The number of rotatable bonds is 8. The molecule has 0 amide bonds. The highest BCUT2D eigenvalue weighted by atomic mass is 127. The van der Waals surface area contributed by atoms with Crippen LogP contribution in [-0.4, -0.2) is 35.9 Å². The van der Waals surface area contributed by atoms with Crippen LogP contribution in [0.4, 0.5) is 0 Å². The smallest absolute Gasteiger partial charge is 0.191 e. The first-order chi connectivity index (χ1) is 11.8. The highest BCUT2D eigenvalue weighted by Gasteiger charge is 2.22. The Morgan fingerprint density at radius 2 is 2.12 bits per heavy atom. The predicted molar refractivity (Wildman–Crippen MR) is 111 cm³/mol. The minimum Gasteiger partial charge on any atom is -0.493 e. The summed E-state index contributed by atoms with van der Waals surface area (Å²) in [5, 5.41) is 10.8. The van der Waals surface area contributed by atoms with Crippen molar-refractivity contribution < 1.29 is 4.74 Å². The fourth-order valence-corrected chi connectivity index (χ4v) is 2.40. The summed E-state index contributed by atoms with van der Waals surface area (Å²) < 4.78 is 7.84. The average Bonchev–Trinajstić information content (AvgIpc) is 3.30. The van der Waals surface area contributed by atoms with Gasteiger partial charge in [-0.3, -0.25) is 9.67 Å². The van der Waals surface area contributed by atoms with Crippen molar-refractivity contribution in [2.24, 2.45) is 10.9 Å². The number of hydrogen-bond acceptors (Lipinski definition) is 3. The van der Waals surface area contributed by atoms with Gasteiger partial charge in [0.2, 0.25) is 0 Å². The lowest BCUT2D eigenvalue weighted by atomic mass is 10.2. The molecule has 0 aliphatic heterocycles. The molecule has 1 aliphatic rings. The van der Waals surface area contributed by atoms with Crippen LogP contribution in [0.25, 0.3) is 0 Å². The molecule has 2 aromatic rings. The second-order valence-electron chi connectivity index (χ2n) is 5.98. The van der Waals surface area contributed by atoms with E-state index in [-0.39, 0.29) is 24.0 Å². The first kappa shape index (κ1) is 19.6. The molecule has 1 aliphatic carbocycles. The first-order valence-electron chi connectivity index (χ1n) is 8.48. The lowest BCUT2D eigenvalue weighted by molar-refractivity contribution is 0.296. The van der Waals surface area contributed by atoms with Gasteiger partial charge in [0.1, 0.15) is 5.75 Å². The van der Waals surface area contributed by atoms with E-state index in [1.54, 1.807) is 13.2 Å². The number of nitrogens with one attached hydrogen (secondary N) is 2. The van der Waals surface area contributed by atoms with Gasteiger partial charge < -0.3 is 15.4 Å². The van der Waals surface area contributed by atoms with Gasteiger partial charge in [-0.15, -0.1) is 24.0 Å². The molecule has 2 N–H and O–H groups in total. The van der Waals surface area contributed by atoms with Crippen LogP contribution in [0.1, 0.15) is 18.4 Å². The molecule has 1 fully saturated rings. The minimum atomic E-state index is 0. The second-order valence-corrected chi connectivity index (χ2v) is 5.98. The quantitative estimate of drug-likeness (QED) is 0.365. The number of ether oxygens (including phenoxy) is 1. The lowest BCUT2D eigenvalue weighted by Crippen LogP contribution is -2.38. The molecule has 6 nitrogen and oxygen atoms in total. The van der Waals surface area contributed by atoms with Crippen LogP contribution in [0.2, 0.25) is 0 Å². The third kappa shape index (κ3) is 6.56. The standard InChI is InChI=1S/C18H25N5O.HI/c1-19-18(20-10-12-23-11-4-9-22-23)21-13-16-5-2-3-6-17(16)24-14-15-7-8-15;/h2-6,9,11,15H,7-8,10,12-14H2,1H3,(H2,19,20,21);1H. The Labute approximate surface area is 166 Å². The van der Waals surface area contributed by atoms with E-state index in [2.05, 4.69) is 26.8 Å². The Morgan fingerprint density at radius 1 is 1.28 bits per heavy atom. The Bertz CT molecular complexity index is 655. The van der Waals surface area contributed by atoms with E-state index in [9.17, 15) is 0 Å². The summed E-state index contributed by atoms with van der Waals surface area (Å²) in [6, 6.07) is 10.1. The molecule has 0 radical (unpaired) electrons. The van der Waals surface area contributed by atoms with Crippen molar-refractivity contribution in [1.29, 1.82) is 0 Å². The maximum Gasteiger partial charge on any atom is 0.191 e. The molecule has 0 saturated heterocycles. The van der Waals surface area contributed by atoms with Crippen molar-refractivity contribution in [2.75, 3.05) is 20.2 Å². The Kier molecular flexibility index (Phi) is 8.03. The Balaban J connectivity index is 0.00000225. The maximum atomic E-state index is 5.95. The van der Waals surface area contributed by atoms with E-state index in [4.69, 9.17) is 4.74 Å². The summed E-state index contributed by atoms with van der Waals surface area (Å²) in [6.45, 7) is 3.08. The number of hydrogen-bond donors (Lipinski definition) is 2. The number of nitrogens with zero attached hydrogens (tertiary/aromatic N) is 3. The number of guanidine groups is 1. The van der Waals surface area contributed by atoms with Gasteiger partial charge in [-0.05, 0) is 30.9 Å². The van der Waals surface area contributed by atoms with Gasteiger partial charge in [-0.2, -0.15) is 5.10 Å². The van der Waals surface area contributed by atoms with Crippen molar-refractivity contribution in [2.45, 2.75) is 25.9 Å². The number of benzene rings is 1. The van der Waals surface area contributed by atoms with Gasteiger partial charge in [-0.1, -0.05) is 18.2 Å². The van der Waals surface area contributed by atoms with Crippen LogP contribution in [0.3, 0.4) is 0 Å². The van der Waals surface area contributed by atoms with Gasteiger partial charge in [0, 0.05) is 38.1 Å². The molecule has 7 heteroatoms. The number of halogens is 1. The summed E-state index contributed by atoms with van der Waals surface area (Å²) in [7, 11) is 1.78. The van der Waals surface area contributed by atoms with E-state index in [1.165, 1.54) is 12.8 Å². The average molecular weight is 455 g/mol. The highest BCUT2D eigenvalue weighted by molar-refractivity contribution is 14.0. The topological polar surface area (TPSA) is 63.5 Å². The van der Waals surface area contributed by atoms with Crippen molar-refractivity contribution in [1.82, 2.24) is 20.4 Å². The largest absolute Gasteiger partial charge is 0.493 e. The van der Waals surface area contributed by atoms with Crippen LogP contribution < -0.4 is 15.4 Å². The molecule has 1 saturated carbocycles. The summed E-state index contributed by atoms with van der Waals surface area (Å²) in [5.41, 5.74) is 1.15. The van der Waals surface area contributed by atoms with Crippen molar-refractivity contribution in [3.8, 4) is 5.75 Å². The summed E-state index contributed by atoms with van der Waals surface area (Å²) >= 11 is 0. The van der Waals surface area contributed by atoms with E-state index in [0.29, 0.717) is 6.54 Å². The number of para-hydroxylation sites is 1. The molecule has 136 valence electrons. The van der Waals surface area contributed by atoms with Crippen molar-refractivity contribution in [3.05, 3.63) is 48.3 Å². The van der Waals surface area contributed by atoms with Crippen molar-refractivity contribution in [3.63, 3.8) is 0 Å². The molecule has 0 bridgehead atoms. The predicted octanol–water partition coefficient (Wildman–Crippen LogP) is 2.66. The van der Waals surface area contributed by atoms with Crippen LogP contribution >= 0.6 is 24.0 Å². The van der Waals surface area contributed by atoms with Gasteiger partial charge in [0.15, 0.2) is 5.96 Å². The number of aromatic nitrogens is 2. The third-order valence-electron chi connectivity index (χ3n) is 4.01. The molecule has 1 heterocycles. The normalized spacial score (nSPS) is 13.9. The zero-order valence-electron chi connectivity index (χ0n) is 14.5. The van der Waals surface area contributed by atoms with Gasteiger partial charge in [0.25, 0.3) is 0 Å². The first-order valence-corrected chi connectivity index (χ1v) is 8.48. The lowest BCUT2D eigenvalue weighted by Gasteiger charge is -2.15. The zero-order chi connectivity index (χ0) is 16.6. The summed E-state index contributed by atoms with van der Waals surface area (Å²) in [5.74, 6) is 2.49. The Hall–Kier alpha value is -1.77. The van der Waals surface area contributed by atoms with E-state index >= 15 is 0 Å². The van der Waals surface area contributed by atoms with Gasteiger partial charge >= 0.3 is 0 Å². The van der Waals surface area contributed by atoms with Crippen LogP contribution in [0.15, 0.2) is 47.7 Å². The Morgan fingerprint density at radius 3 is 2.84 bits per heavy atom. The molecule has 1 aromatic carbocycles.